The molecule has 0 aliphatic carbocycles. The van der Waals surface area contributed by atoms with Crippen molar-refractivity contribution in [1.29, 1.82) is 0 Å². The summed E-state index contributed by atoms with van der Waals surface area (Å²) in [5, 5.41) is 14.5. The molecule has 0 atom stereocenters. The van der Waals surface area contributed by atoms with Crippen molar-refractivity contribution in [3.8, 4) is 5.69 Å². The van der Waals surface area contributed by atoms with Crippen molar-refractivity contribution in [2.24, 2.45) is 0 Å². The molecule has 144 valence electrons. The molecule has 2 aromatic carbocycles. The van der Waals surface area contributed by atoms with E-state index in [0.29, 0.717) is 5.13 Å². The Labute approximate surface area is 171 Å². The number of tetrazole rings is 1. The molecule has 4 aromatic rings. The number of benzene rings is 2. The van der Waals surface area contributed by atoms with E-state index >= 15 is 0 Å². The van der Waals surface area contributed by atoms with Crippen molar-refractivity contribution in [2.75, 3.05) is 5.32 Å². The zero-order chi connectivity index (χ0) is 20.1. The Hall–Kier alpha value is -3.65. The van der Waals surface area contributed by atoms with Crippen LogP contribution in [0, 0.1) is 6.92 Å². The van der Waals surface area contributed by atoms with Gasteiger partial charge in [-0.2, -0.15) is 0 Å². The maximum atomic E-state index is 12.2. The van der Waals surface area contributed by atoms with E-state index < -0.39 is 0 Å². The predicted molar refractivity (Wildman–Crippen MR) is 113 cm³/mol. The smallest absolute Gasteiger partial charge is 0.250 e. The summed E-state index contributed by atoms with van der Waals surface area (Å²) < 4.78 is 1.57. The quantitative estimate of drug-likeness (QED) is 0.497. The number of carbonyl (C=O) groups is 1. The van der Waals surface area contributed by atoms with Gasteiger partial charge in [0, 0.05) is 23.6 Å². The number of rotatable bonds is 6. The topological polar surface area (TPSA) is 85.6 Å². The van der Waals surface area contributed by atoms with Gasteiger partial charge in [0.05, 0.1) is 5.69 Å². The molecule has 0 saturated heterocycles. The van der Waals surface area contributed by atoms with E-state index in [0.717, 1.165) is 22.5 Å². The van der Waals surface area contributed by atoms with E-state index in [1.54, 1.807) is 10.8 Å². The Kier molecular flexibility index (Phi) is 5.53. The lowest BCUT2D eigenvalue weighted by Gasteiger charge is -2.00. The molecular formula is C21H18N6OS. The first-order chi connectivity index (χ1) is 14.2. The van der Waals surface area contributed by atoms with E-state index in [9.17, 15) is 4.79 Å². The SMILES string of the molecule is Cc1ccc(Cc2cnc(NC(=O)/C=C/c3ccc(-n4cnnn4)cc3)s2)cc1. The Morgan fingerprint density at radius 2 is 1.93 bits per heavy atom. The molecule has 0 radical (unpaired) electrons. The van der Waals surface area contributed by atoms with Crippen molar-refractivity contribution in [3.05, 3.63) is 88.7 Å². The lowest BCUT2D eigenvalue weighted by Crippen LogP contribution is -2.07. The standard InChI is InChI=1S/C21H18N6OS/c1-15-2-4-17(5-3-15)12-19-13-22-21(29-19)24-20(28)11-8-16-6-9-18(10-7-16)27-14-23-25-26-27/h2-11,13-14H,12H2,1H3,(H,22,24,28)/b11-8+. The number of aromatic nitrogens is 5. The summed E-state index contributed by atoms with van der Waals surface area (Å²) >= 11 is 1.48. The molecule has 8 heteroatoms. The molecule has 29 heavy (non-hydrogen) atoms. The van der Waals surface area contributed by atoms with Gasteiger partial charge in [0.15, 0.2) is 5.13 Å². The fourth-order valence-electron chi connectivity index (χ4n) is 2.69. The first-order valence-corrected chi connectivity index (χ1v) is 9.80. The van der Waals surface area contributed by atoms with Crippen LogP contribution in [-0.4, -0.2) is 31.1 Å². The molecule has 1 N–H and O–H groups in total. The van der Waals surface area contributed by atoms with E-state index in [4.69, 9.17) is 0 Å². The van der Waals surface area contributed by atoms with E-state index in [-0.39, 0.29) is 5.91 Å². The number of nitrogens with zero attached hydrogens (tertiary/aromatic N) is 5. The fourth-order valence-corrected chi connectivity index (χ4v) is 3.54. The average molecular weight is 402 g/mol. The average Bonchev–Trinajstić information content (AvgIpc) is 3.41. The summed E-state index contributed by atoms with van der Waals surface area (Å²) in [6.07, 6.45) is 7.38. The molecule has 0 fully saturated rings. The number of hydrogen-bond acceptors (Lipinski definition) is 6. The highest BCUT2D eigenvalue weighted by Gasteiger charge is 2.06. The van der Waals surface area contributed by atoms with Gasteiger partial charge in [-0.25, -0.2) is 9.67 Å². The maximum Gasteiger partial charge on any atom is 0.250 e. The monoisotopic (exact) mass is 402 g/mol. The molecule has 2 heterocycles. The van der Waals surface area contributed by atoms with Crippen LogP contribution in [0.25, 0.3) is 11.8 Å². The summed E-state index contributed by atoms with van der Waals surface area (Å²) in [5.41, 5.74) is 4.21. The number of amides is 1. The van der Waals surface area contributed by atoms with Gasteiger partial charge in [0.1, 0.15) is 6.33 Å². The molecule has 0 spiro atoms. The number of carbonyl (C=O) groups excluding carboxylic acids is 1. The van der Waals surface area contributed by atoms with E-state index in [2.05, 4.69) is 57.0 Å². The molecule has 0 saturated carbocycles. The Morgan fingerprint density at radius 3 is 2.66 bits per heavy atom. The molecule has 0 aliphatic rings. The van der Waals surface area contributed by atoms with Crippen molar-refractivity contribution < 1.29 is 4.79 Å². The summed E-state index contributed by atoms with van der Waals surface area (Å²) in [6, 6.07) is 16.0. The Morgan fingerprint density at radius 1 is 1.14 bits per heavy atom. The van der Waals surface area contributed by atoms with Crippen molar-refractivity contribution in [2.45, 2.75) is 13.3 Å². The highest BCUT2D eigenvalue weighted by Crippen LogP contribution is 2.21. The third-order valence-electron chi connectivity index (χ3n) is 4.22. The van der Waals surface area contributed by atoms with Crippen molar-refractivity contribution >= 4 is 28.5 Å². The van der Waals surface area contributed by atoms with Crippen LogP contribution in [-0.2, 0) is 11.2 Å². The molecule has 0 bridgehead atoms. The normalized spacial score (nSPS) is 11.1. The third kappa shape index (κ3) is 4.99. The second-order valence-electron chi connectivity index (χ2n) is 6.46. The lowest BCUT2D eigenvalue weighted by molar-refractivity contribution is -0.111. The highest BCUT2D eigenvalue weighted by molar-refractivity contribution is 7.15. The predicted octanol–water partition coefficient (Wildman–Crippen LogP) is 3.67. The van der Waals surface area contributed by atoms with Gasteiger partial charge in [-0.3, -0.25) is 10.1 Å². The van der Waals surface area contributed by atoms with Gasteiger partial charge in [-0.1, -0.05) is 42.0 Å². The van der Waals surface area contributed by atoms with Gasteiger partial charge in [0.25, 0.3) is 0 Å². The molecule has 4 rings (SSSR count). The summed E-state index contributed by atoms with van der Waals surface area (Å²) in [4.78, 5) is 17.6. The van der Waals surface area contributed by atoms with Crippen molar-refractivity contribution in [1.82, 2.24) is 25.2 Å². The van der Waals surface area contributed by atoms with Crippen LogP contribution in [0.2, 0.25) is 0 Å². The maximum absolute atomic E-state index is 12.2. The third-order valence-corrected chi connectivity index (χ3v) is 5.13. The Bertz CT molecular complexity index is 1110. The second-order valence-corrected chi connectivity index (χ2v) is 7.58. The largest absolute Gasteiger partial charge is 0.298 e. The Balaban J connectivity index is 1.33. The van der Waals surface area contributed by atoms with Crippen LogP contribution >= 0.6 is 11.3 Å². The minimum atomic E-state index is -0.217. The molecule has 0 unspecified atom stereocenters. The lowest BCUT2D eigenvalue weighted by atomic mass is 10.1. The first-order valence-electron chi connectivity index (χ1n) is 8.98. The van der Waals surface area contributed by atoms with Gasteiger partial charge < -0.3 is 0 Å². The minimum absolute atomic E-state index is 0.217. The molecule has 0 aliphatic heterocycles. The van der Waals surface area contributed by atoms with Crippen LogP contribution in [0.15, 0.2) is 67.1 Å². The first kappa shape index (κ1) is 18.7. The number of nitrogens with one attached hydrogen (secondary N) is 1. The number of anilines is 1. The summed E-state index contributed by atoms with van der Waals surface area (Å²) in [5.74, 6) is -0.217. The highest BCUT2D eigenvalue weighted by atomic mass is 32.1. The van der Waals surface area contributed by atoms with Gasteiger partial charge in [-0.15, -0.1) is 16.4 Å². The summed E-state index contributed by atoms with van der Waals surface area (Å²) in [6.45, 7) is 2.07. The molecule has 7 nitrogen and oxygen atoms in total. The summed E-state index contributed by atoms with van der Waals surface area (Å²) in [7, 11) is 0. The molecular weight excluding hydrogens is 384 g/mol. The van der Waals surface area contributed by atoms with Crippen LogP contribution < -0.4 is 5.32 Å². The number of hydrogen-bond donors (Lipinski definition) is 1. The van der Waals surface area contributed by atoms with Crippen LogP contribution in [0.5, 0.6) is 0 Å². The van der Waals surface area contributed by atoms with Crippen LogP contribution in [0.1, 0.15) is 21.6 Å². The van der Waals surface area contributed by atoms with E-state index in [1.165, 1.54) is 34.9 Å². The zero-order valence-corrected chi connectivity index (χ0v) is 16.5. The van der Waals surface area contributed by atoms with Crippen LogP contribution in [0.3, 0.4) is 0 Å². The number of aryl methyl sites for hydroxylation is 1. The van der Waals surface area contributed by atoms with Gasteiger partial charge in [-0.05, 0) is 46.7 Å². The zero-order valence-electron chi connectivity index (χ0n) is 15.7. The number of thiazole rings is 1. The van der Waals surface area contributed by atoms with Gasteiger partial charge in [0.2, 0.25) is 5.91 Å². The van der Waals surface area contributed by atoms with Gasteiger partial charge >= 0.3 is 0 Å². The minimum Gasteiger partial charge on any atom is -0.298 e. The van der Waals surface area contributed by atoms with Crippen molar-refractivity contribution in [3.63, 3.8) is 0 Å². The van der Waals surface area contributed by atoms with E-state index in [1.807, 2.05) is 30.5 Å². The molecule has 1 amide bonds. The molecule has 2 aromatic heterocycles. The fraction of sp³-hybridized carbons (Fsp3) is 0.0952. The second kappa shape index (κ2) is 8.57. The van der Waals surface area contributed by atoms with Crippen LogP contribution in [0.4, 0.5) is 5.13 Å².